The Balaban J connectivity index is 1.80. The molecule has 2 atom stereocenters. The number of nitrogens with one attached hydrogen (secondary N) is 1. The third-order valence-electron chi connectivity index (χ3n) is 3.66. The van der Waals surface area contributed by atoms with Crippen LogP contribution in [0.25, 0.3) is 0 Å². The molecule has 0 saturated carbocycles. The van der Waals surface area contributed by atoms with Gasteiger partial charge in [0, 0.05) is 24.8 Å². The lowest BCUT2D eigenvalue weighted by molar-refractivity contribution is -0.117. The largest absolute Gasteiger partial charge is 0.378 e. The van der Waals surface area contributed by atoms with Gasteiger partial charge in [-0.2, -0.15) is 0 Å². The number of hydrogen-bond donors (Lipinski definition) is 2. The Labute approximate surface area is 120 Å². The van der Waals surface area contributed by atoms with Crippen molar-refractivity contribution in [1.29, 1.82) is 0 Å². The average molecular weight is 276 g/mol. The van der Waals surface area contributed by atoms with E-state index in [1.54, 1.807) is 0 Å². The minimum absolute atomic E-state index is 0.0255. The number of ether oxygens (including phenoxy) is 1. The number of carbonyl (C=O) groups is 1. The first-order valence-corrected chi connectivity index (χ1v) is 7.42. The van der Waals surface area contributed by atoms with Gasteiger partial charge in [-0.1, -0.05) is 12.1 Å². The lowest BCUT2D eigenvalue weighted by Crippen LogP contribution is -2.21. The summed E-state index contributed by atoms with van der Waals surface area (Å²) in [7, 11) is 0. The number of carbonyl (C=O) groups excluding carboxylic acids is 1. The molecular weight excluding hydrogens is 252 g/mol. The van der Waals surface area contributed by atoms with Crippen LogP contribution in [0.3, 0.4) is 0 Å². The second-order valence-corrected chi connectivity index (χ2v) is 5.49. The maximum atomic E-state index is 11.9. The van der Waals surface area contributed by atoms with Crippen LogP contribution in [0, 0.1) is 0 Å². The van der Waals surface area contributed by atoms with E-state index < -0.39 is 0 Å². The molecule has 2 rings (SSSR count). The molecule has 0 radical (unpaired) electrons. The fourth-order valence-electron chi connectivity index (χ4n) is 2.45. The van der Waals surface area contributed by atoms with Gasteiger partial charge in [0.25, 0.3) is 0 Å². The van der Waals surface area contributed by atoms with E-state index in [9.17, 15) is 4.79 Å². The first kappa shape index (κ1) is 15.0. The fourth-order valence-corrected chi connectivity index (χ4v) is 2.45. The third kappa shape index (κ3) is 4.62. The van der Waals surface area contributed by atoms with Crippen LogP contribution < -0.4 is 11.1 Å². The molecule has 4 nitrogen and oxygen atoms in total. The van der Waals surface area contributed by atoms with Crippen LogP contribution in [-0.2, 0) is 9.53 Å². The molecule has 1 aromatic rings. The summed E-state index contributed by atoms with van der Waals surface area (Å²) < 4.78 is 5.63. The standard InChI is InChI=1S/C16H24N2O2/c1-12(17)13-5-4-6-14(11-13)18-16(19)9-8-15-7-2-3-10-20-15/h4-6,11-12,15H,2-3,7-10,17H2,1H3,(H,18,19). The number of hydrogen-bond acceptors (Lipinski definition) is 3. The lowest BCUT2D eigenvalue weighted by Gasteiger charge is -2.22. The van der Waals surface area contributed by atoms with E-state index in [1.807, 2.05) is 31.2 Å². The molecule has 110 valence electrons. The SMILES string of the molecule is CC(N)c1cccc(NC(=O)CCC2CCCCO2)c1. The monoisotopic (exact) mass is 276 g/mol. The molecule has 1 aliphatic rings. The summed E-state index contributed by atoms with van der Waals surface area (Å²) in [6.45, 7) is 2.77. The highest BCUT2D eigenvalue weighted by Crippen LogP contribution is 2.18. The van der Waals surface area contributed by atoms with Crippen LogP contribution in [0.15, 0.2) is 24.3 Å². The van der Waals surface area contributed by atoms with Crippen molar-refractivity contribution in [2.75, 3.05) is 11.9 Å². The van der Waals surface area contributed by atoms with Crippen LogP contribution in [-0.4, -0.2) is 18.6 Å². The second-order valence-electron chi connectivity index (χ2n) is 5.49. The van der Waals surface area contributed by atoms with Gasteiger partial charge in [0.15, 0.2) is 0 Å². The van der Waals surface area contributed by atoms with Crippen LogP contribution >= 0.6 is 0 Å². The third-order valence-corrected chi connectivity index (χ3v) is 3.66. The van der Waals surface area contributed by atoms with E-state index in [4.69, 9.17) is 10.5 Å². The number of anilines is 1. The minimum Gasteiger partial charge on any atom is -0.378 e. The first-order valence-electron chi connectivity index (χ1n) is 7.42. The van der Waals surface area contributed by atoms with E-state index in [0.29, 0.717) is 6.42 Å². The Hall–Kier alpha value is -1.39. The van der Waals surface area contributed by atoms with Gasteiger partial charge >= 0.3 is 0 Å². The first-order chi connectivity index (χ1) is 9.65. The molecule has 20 heavy (non-hydrogen) atoms. The molecule has 3 N–H and O–H groups in total. The van der Waals surface area contributed by atoms with Gasteiger partial charge in [-0.25, -0.2) is 0 Å². The van der Waals surface area contributed by atoms with Crippen molar-refractivity contribution >= 4 is 11.6 Å². The molecular formula is C16H24N2O2. The van der Waals surface area contributed by atoms with Crippen molar-refractivity contribution in [3.63, 3.8) is 0 Å². The maximum absolute atomic E-state index is 11.9. The smallest absolute Gasteiger partial charge is 0.224 e. The molecule has 0 aliphatic carbocycles. The molecule has 2 unspecified atom stereocenters. The highest BCUT2D eigenvalue weighted by molar-refractivity contribution is 5.90. The van der Waals surface area contributed by atoms with Gasteiger partial charge in [-0.05, 0) is 50.3 Å². The summed E-state index contributed by atoms with van der Waals surface area (Å²) in [6.07, 6.45) is 5.00. The Bertz CT molecular complexity index is 440. The van der Waals surface area contributed by atoms with E-state index in [-0.39, 0.29) is 18.1 Å². The van der Waals surface area contributed by atoms with E-state index in [2.05, 4.69) is 5.32 Å². The Morgan fingerprint density at radius 1 is 1.50 bits per heavy atom. The lowest BCUT2D eigenvalue weighted by atomic mass is 10.0. The van der Waals surface area contributed by atoms with Crippen LogP contribution in [0.2, 0.25) is 0 Å². The van der Waals surface area contributed by atoms with Crippen molar-refractivity contribution in [2.45, 2.75) is 51.2 Å². The highest BCUT2D eigenvalue weighted by Gasteiger charge is 2.15. The predicted octanol–water partition coefficient (Wildman–Crippen LogP) is 2.99. The second kappa shape index (κ2) is 7.41. The molecule has 1 amide bonds. The molecule has 1 aliphatic heterocycles. The van der Waals surface area contributed by atoms with Gasteiger partial charge in [0.2, 0.25) is 5.91 Å². The van der Waals surface area contributed by atoms with E-state index in [0.717, 1.165) is 37.1 Å². The van der Waals surface area contributed by atoms with Gasteiger partial charge in [-0.15, -0.1) is 0 Å². The van der Waals surface area contributed by atoms with Crippen LogP contribution in [0.5, 0.6) is 0 Å². The van der Waals surface area contributed by atoms with E-state index >= 15 is 0 Å². The van der Waals surface area contributed by atoms with Crippen molar-refractivity contribution in [1.82, 2.24) is 0 Å². The fraction of sp³-hybridized carbons (Fsp3) is 0.562. The minimum atomic E-state index is -0.0255. The van der Waals surface area contributed by atoms with Crippen molar-refractivity contribution in [3.05, 3.63) is 29.8 Å². The quantitative estimate of drug-likeness (QED) is 0.869. The molecule has 0 spiro atoms. The van der Waals surface area contributed by atoms with Gasteiger partial charge in [0.05, 0.1) is 6.10 Å². The highest BCUT2D eigenvalue weighted by atomic mass is 16.5. The van der Waals surface area contributed by atoms with Gasteiger partial charge in [-0.3, -0.25) is 4.79 Å². The Kier molecular flexibility index (Phi) is 5.56. The average Bonchev–Trinajstić information content (AvgIpc) is 2.46. The Morgan fingerprint density at radius 3 is 3.05 bits per heavy atom. The summed E-state index contributed by atoms with van der Waals surface area (Å²) >= 11 is 0. The number of rotatable bonds is 5. The molecule has 4 heteroatoms. The summed E-state index contributed by atoms with van der Waals surface area (Å²) in [5.74, 6) is 0.0426. The van der Waals surface area contributed by atoms with Gasteiger partial charge in [0.1, 0.15) is 0 Å². The zero-order valence-electron chi connectivity index (χ0n) is 12.1. The van der Waals surface area contributed by atoms with Crippen molar-refractivity contribution in [3.8, 4) is 0 Å². The molecule has 1 heterocycles. The predicted molar refractivity (Wildman–Crippen MR) is 80.5 cm³/mol. The van der Waals surface area contributed by atoms with E-state index in [1.165, 1.54) is 6.42 Å². The number of amides is 1. The molecule has 1 aromatic carbocycles. The maximum Gasteiger partial charge on any atom is 0.224 e. The number of nitrogens with two attached hydrogens (primary N) is 1. The van der Waals surface area contributed by atoms with Crippen molar-refractivity contribution in [2.24, 2.45) is 5.73 Å². The zero-order chi connectivity index (χ0) is 14.4. The summed E-state index contributed by atoms with van der Waals surface area (Å²) in [5.41, 5.74) is 7.68. The zero-order valence-corrected chi connectivity index (χ0v) is 12.1. The molecule has 0 bridgehead atoms. The summed E-state index contributed by atoms with van der Waals surface area (Å²) in [5, 5.41) is 2.93. The van der Waals surface area contributed by atoms with Crippen LogP contribution in [0.1, 0.15) is 50.6 Å². The molecule has 1 saturated heterocycles. The molecule has 1 fully saturated rings. The van der Waals surface area contributed by atoms with Crippen LogP contribution in [0.4, 0.5) is 5.69 Å². The summed E-state index contributed by atoms with van der Waals surface area (Å²) in [6, 6.07) is 7.68. The van der Waals surface area contributed by atoms with Gasteiger partial charge < -0.3 is 15.8 Å². The Morgan fingerprint density at radius 2 is 2.35 bits per heavy atom. The topological polar surface area (TPSA) is 64.3 Å². The van der Waals surface area contributed by atoms with Crippen molar-refractivity contribution < 1.29 is 9.53 Å². The summed E-state index contributed by atoms with van der Waals surface area (Å²) in [4.78, 5) is 11.9. The molecule has 0 aromatic heterocycles. The normalized spacial score (nSPS) is 20.4. The number of benzene rings is 1.